The lowest BCUT2D eigenvalue weighted by molar-refractivity contribution is 0.132. The highest BCUT2D eigenvalue weighted by Gasteiger charge is 1.99. The van der Waals surface area contributed by atoms with E-state index in [1.54, 1.807) is 0 Å². The standard InChI is InChI=1S/C8H15NO4S/c1-14(10,11)13-8-3-2-6-12-7-4-5-9/h2-4,6-8H2,1H3. The number of unbranched alkanes of at least 4 members (excludes halogenated alkanes) is 1. The lowest BCUT2D eigenvalue weighted by Gasteiger charge is -2.02. The third-order valence-corrected chi connectivity index (χ3v) is 1.93. The molecular formula is C8H15NO4S. The van der Waals surface area contributed by atoms with Crippen LogP contribution in [0.4, 0.5) is 0 Å². The molecule has 0 fully saturated rings. The van der Waals surface area contributed by atoms with Gasteiger partial charge < -0.3 is 4.74 Å². The van der Waals surface area contributed by atoms with Crippen LogP contribution in [0, 0.1) is 11.3 Å². The van der Waals surface area contributed by atoms with E-state index in [0.717, 1.165) is 12.7 Å². The molecular weight excluding hydrogens is 206 g/mol. The highest BCUT2D eigenvalue weighted by atomic mass is 32.2. The topological polar surface area (TPSA) is 76.4 Å². The Hall–Kier alpha value is -0.640. The van der Waals surface area contributed by atoms with Crippen molar-refractivity contribution in [3.8, 4) is 6.07 Å². The highest BCUT2D eigenvalue weighted by Crippen LogP contribution is 1.95. The minimum absolute atomic E-state index is 0.195. The summed E-state index contributed by atoms with van der Waals surface area (Å²) in [5.41, 5.74) is 0. The maximum absolute atomic E-state index is 10.5. The van der Waals surface area contributed by atoms with E-state index in [0.29, 0.717) is 26.1 Å². The van der Waals surface area contributed by atoms with Gasteiger partial charge in [0.25, 0.3) is 10.1 Å². The number of hydrogen-bond acceptors (Lipinski definition) is 5. The van der Waals surface area contributed by atoms with Crippen molar-refractivity contribution in [2.75, 3.05) is 26.1 Å². The Balaban J connectivity index is 3.12. The molecule has 0 atom stereocenters. The first kappa shape index (κ1) is 13.4. The monoisotopic (exact) mass is 221 g/mol. The van der Waals surface area contributed by atoms with Crippen LogP contribution in [-0.2, 0) is 19.0 Å². The fraction of sp³-hybridized carbons (Fsp3) is 0.875. The quantitative estimate of drug-likeness (QED) is 0.445. The fourth-order valence-electron chi connectivity index (χ4n) is 0.736. The molecule has 0 unspecified atom stereocenters. The molecule has 14 heavy (non-hydrogen) atoms. The maximum Gasteiger partial charge on any atom is 0.264 e. The van der Waals surface area contributed by atoms with Crippen LogP contribution in [0.1, 0.15) is 19.3 Å². The van der Waals surface area contributed by atoms with Crippen LogP contribution in [-0.4, -0.2) is 34.5 Å². The molecule has 0 saturated carbocycles. The summed E-state index contributed by atoms with van der Waals surface area (Å²) >= 11 is 0. The first-order chi connectivity index (χ1) is 6.56. The molecule has 82 valence electrons. The number of ether oxygens (including phenoxy) is 1. The van der Waals surface area contributed by atoms with E-state index < -0.39 is 10.1 Å². The summed E-state index contributed by atoms with van der Waals surface area (Å²) in [5.74, 6) is 0. The van der Waals surface area contributed by atoms with Gasteiger partial charge in [-0.05, 0) is 12.8 Å². The summed E-state index contributed by atoms with van der Waals surface area (Å²) in [6, 6.07) is 1.96. The molecule has 0 heterocycles. The molecule has 5 nitrogen and oxygen atoms in total. The molecule has 0 spiro atoms. The molecule has 0 saturated heterocycles. The Kier molecular flexibility index (Phi) is 7.38. The molecule has 6 heteroatoms. The fourth-order valence-corrected chi connectivity index (χ4v) is 1.16. The third-order valence-electron chi connectivity index (χ3n) is 1.34. The Morgan fingerprint density at radius 1 is 1.21 bits per heavy atom. The van der Waals surface area contributed by atoms with Crippen molar-refractivity contribution in [3.05, 3.63) is 0 Å². The van der Waals surface area contributed by atoms with Gasteiger partial charge in [-0.15, -0.1) is 0 Å². The van der Waals surface area contributed by atoms with Gasteiger partial charge in [-0.1, -0.05) is 0 Å². The van der Waals surface area contributed by atoms with E-state index in [2.05, 4.69) is 4.18 Å². The summed E-state index contributed by atoms with van der Waals surface area (Å²) < 4.78 is 30.6. The molecule has 0 aliphatic heterocycles. The number of nitrogens with zero attached hydrogens (tertiary/aromatic N) is 1. The normalized spacial score (nSPS) is 11.1. The maximum atomic E-state index is 10.5. The zero-order valence-corrected chi connectivity index (χ0v) is 9.05. The first-order valence-corrected chi connectivity index (χ1v) is 6.17. The zero-order chi connectivity index (χ0) is 10.9. The third kappa shape index (κ3) is 11.4. The lowest BCUT2D eigenvalue weighted by Crippen LogP contribution is -2.05. The van der Waals surface area contributed by atoms with Gasteiger partial charge >= 0.3 is 0 Å². The Morgan fingerprint density at radius 3 is 2.43 bits per heavy atom. The van der Waals surface area contributed by atoms with Crippen molar-refractivity contribution < 1.29 is 17.3 Å². The Bertz CT molecular complexity index is 268. The predicted octanol–water partition coefficient (Wildman–Crippen LogP) is 0.673. The van der Waals surface area contributed by atoms with Crippen molar-refractivity contribution in [2.45, 2.75) is 19.3 Å². The summed E-state index contributed by atoms with van der Waals surface area (Å²) in [7, 11) is -3.31. The van der Waals surface area contributed by atoms with Crippen molar-refractivity contribution in [1.29, 1.82) is 5.26 Å². The number of nitriles is 1. The molecule has 0 bridgehead atoms. The second-order valence-corrected chi connectivity index (χ2v) is 4.40. The average Bonchev–Trinajstić information content (AvgIpc) is 2.08. The van der Waals surface area contributed by atoms with Crippen LogP contribution < -0.4 is 0 Å². The first-order valence-electron chi connectivity index (χ1n) is 4.35. The smallest absolute Gasteiger partial charge is 0.264 e. The summed E-state index contributed by atoms with van der Waals surface area (Å²) in [6.45, 7) is 1.17. The van der Waals surface area contributed by atoms with E-state index in [9.17, 15) is 8.42 Å². The second kappa shape index (κ2) is 7.74. The van der Waals surface area contributed by atoms with E-state index in [-0.39, 0.29) is 6.61 Å². The summed E-state index contributed by atoms with van der Waals surface area (Å²) in [4.78, 5) is 0. The van der Waals surface area contributed by atoms with Gasteiger partial charge in [0.1, 0.15) is 0 Å². The van der Waals surface area contributed by atoms with Crippen molar-refractivity contribution in [2.24, 2.45) is 0 Å². The van der Waals surface area contributed by atoms with E-state index in [1.165, 1.54) is 0 Å². The molecule has 0 aromatic heterocycles. The minimum Gasteiger partial charge on any atom is -0.380 e. The molecule has 0 aliphatic rings. The van der Waals surface area contributed by atoms with Gasteiger partial charge in [0.05, 0.1) is 32.0 Å². The Morgan fingerprint density at radius 2 is 1.86 bits per heavy atom. The molecule has 0 radical (unpaired) electrons. The largest absolute Gasteiger partial charge is 0.380 e. The van der Waals surface area contributed by atoms with Gasteiger partial charge in [0.2, 0.25) is 0 Å². The summed E-state index contributed by atoms with van der Waals surface area (Å²) in [5, 5.41) is 8.18. The van der Waals surface area contributed by atoms with Crippen molar-refractivity contribution >= 4 is 10.1 Å². The van der Waals surface area contributed by atoms with Gasteiger partial charge in [0, 0.05) is 6.61 Å². The van der Waals surface area contributed by atoms with E-state index >= 15 is 0 Å². The van der Waals surface area contributed by atoms with Crippen LogP contribution in [0.3, 0.4) is 0 Å². The molecule has 0 rings (SSSR count). The van der Waals surface area contributed by atoms with Gasteiger partial charge in [0.15, 0.2) is 0 Å². The average molecular weight is 221 g/mol. The molecule has 0 aromatic carbocycles. The second-order valence-electron chi connectivity index (χ2n) is 2.75. The molecule has 0 aromatic rings. The van der Waals surface area contributed by atoms with Crippen molar-refractivity contribution in [1.82, 2.24) is 0 Å². The van der Waals surface area contributed by atoms with Crippen molar-refractivity contribution in [3.63, 3.8) is 0 Å². The van der Waals surface area contributed by atoms with Crippen LogP contribution >= 0.6 is 0 Å². The zero-order valence-electron chi connectivity index (χ0n) is 8.23. The van der Waals surface area contributed by atoms with Gasteiger partial charge in [-0.2, -0.15) is 13.7 Å². The van der Waals surface area contributed by atoms with Crippen LogP contribution in [0.5, 0.6) is 0 Å². The van der Waals surface area contributed by atoms with Crippen LogP contribution in [0.15, 0.2) is 0 Å². The predicted molar refractivity (Wildman–Crippen MR) is 51.1 cm³/mol. The number of hydrogen-bond donors (Lipinski definition) is 0. The summed E-state index contributed by atoms with van der Waals surface area (Å²) in [6.07, 6.45) is 2.79. The SMILES string of the molecule is CS(=O)(=O)OCCCCOCCC#N. The minimum atomic E-state index is -3.31. The highest BCUT2D eigenvalue weighted by molar-refractivity contribution is 7.85. The molecule has 0 amide bonds. The van der Waals surface area contributed by atoms with E-state index in [4.69, 9.17) is 10.00 Å². The van der Waals surface area contributed by atoms with Crippen LogP contribution in [0.25, 0.3) is 0 Å². The lowest BCUT2D eigenvalue weighted by atomic mass is 10.3. The molecule has 0 aliphatic carbocycles. The number of rotatable bonds is 8. The van der Waals surface area contributed by atoms with E-state index in [1.807, 2.05) is 6.07 Å². The van der Waals surface area contributed by atoms with Gasteiger partial charge in [-0.3, -0.25) is 4.18 Å². The van der Waals surface area contributed by atoms with Gasteiger partial charge in [-0.25, -0.2) is 0 Å². The Labute approximate surface area is 84.7 Å². The van der Waals surface area contributed by atoms with Crippen LogP contribution in [0.2, 0.25) is 0 Å². The molecule has 0 N–H and O–H groups in total.